The number of methoxy groups -OCH3 is 1. The van der Waals surface area contributed by atoms with E-state index in [0.29, 0.717) is 24.5 Å². The number of amides is 1. The number of carbonyl (C=O) groups excluding carboxylic acids is 1. The molecule has 1 atom stereocenters. The number of hydrogen-bond donors (Lipinski definition) is 0. The van der Waals surface area contributed by atoms with E-state index in [-0.39, 0.29) is 6.10 Å². The highest BCUT2D eigenvalue weighted by molar-refractivity contribution is 6.62. The highest BCUT2D eigenvalue weighted by atomic mass is 16.7. The van der Waals surface area contributed by atoms with Gasteiger partial charge in [-0.3, -0.25) is 9.91 Å². The molecule has 0 radical (unpaired) electrons. The summed E-state index contributed by atoms with van der Waals surface area (Å²) in [6, 6.07) is 5.53. The van der Waals surface area contributed by atoms with Gasteiger partial charge < -0.3 is 18.8 Å². The zero-order valence-electron chi connectivity index (χ0n) is 20.4. The zero-order chi connectivity index (χ0) is 24.1. The molecule has 0 aliphatic carbocycles. The lowest BCUT2D eigenvalue weighted by Crippen LogP contribution is -2.41. The van der Waals surface area contributed by atoms with E-state index in [1.54, 1.807) is 19.1 Å². The molecule has 0 unspecified atom stereocenters. The third kappa shape index (κ3) is 5.24. The van der Waals surface area contributed by atoms with Crippen LogP contribution in [-0.4, -0.2) is 62.8 Å². The van der Waals surface area contributed by atoms with Gasteiger partial charge in [-0.2, -0.15) is 5.11 Å². The van der Waals surface area contributed by atoms with Crippen LogP contribution in [-0.2, 0) is 14.0 Å². The largest absolute Gasteiger partial charge is 0.495 e. The number of hydrogen-bond acceptors (Lipinski definition) is 7. The van der Waals surface area contributed by atoms with Crippen molar-refractivity contribution in [3.05, 3.63) is 31.0 Å². The second kappa shape index (κ2) is 10.4. The van der Waals surface area contributed by atoms with E-state index >= 15 is 0 Å². The number of rotatable bonds is 7. The van der Waals surface area contributed by atoms with E-state index in [1.165, 1.54) is 11.2 Å². The van der Waals surface area contributed by atoms with Crippen molar-refractivity contribution in [1.29, 1.82) is 0 Å². The van der Waals surface area contributed by atoms with Gasteiger partial charge in [0.25, 0.3) is 0 Å². The van der Waals surface area contributed by atoms with E-state index in [2.05, 4.69) is 16.9 Å². The maximum atomic E-state index is 12.5. The van der Waals surface area contributed by atoms with Crippen molar-refractivity contribution in [2.75, 3.05) is 32.1 Å². The number of cyclic esters (lactones) is 1. The molecule has 1 aromatic carbocycles. The molecule has 10 heteroatoms. The third-order valence-electron chi connectivity index (χ3n) is 5.70. The van der Waals surface area contributed by atoms with Gasteiger partial charge in [-0.1, -0.05) is 31.7 Å². The second-order valence-electron chi connectivity index (χ2n) is 8.23. The Hall–Kier alpha value is -2.59. The molecule has 0 saturated carbocycles. The van der Waals surface area contributed by atoms with Gasteiger partial charge in [0.05, 0.1) is 44.1 Å². The molecule has 2 saturated heterocycles. The molecule has 0 spiro atoms. The lowest BCUT2D eigenvalue weighted by atomic mass is 9.79. The average molecular weight is 446 g/mol. The van der Waals surface area contributed by atoms with Gasteiger partial charge in [0.1, 0.15) is 11.9 Å². The Morgan fingerprint density at radius 3 is 2.44 bits per heavy atom. The Balaban J connectivity index is 0.00000176. The smallest absolute Gasteiger partial charge is 0.494 e. The predicted molar refractivity (Wildman–Crippen MR) is 125 cm³/mol. The summed E-state index contributed by atoms with van der Waals surface area (Å²) in [4.78, 5) is 14.0. The Kier molecular flexibility index (Phi) is 8.31. The van der Waals surface area contributed by atoms with Crippen molar-refractivity contribution in [3.8, 4) is 5.75 Å². The molecule has 32 heavy (non-hydrogen) atoms. The average Bonchev–Trinajstić information content (AvgIpc) is 3.23. The Bertz CT molecular complexity index is 830. The lowest BCUT2D eigenvalue weighted by molar-refractivity contribution is 0.00578. The fraction of sp³-hybridized carbons (Fsp3) is 0.591. The van der Waals surface area contributed by atoms with Crippen LogP contribution in [0.25, 0.3) is 0 Å². The summed E-state index contributed by atoms with van der Waals surface area (Å²) in [5.41, 5.74) is 0.553. The van der Waals surface area contributed by atoms with Crippen LogP contribution in [0.15, 0.2) is 41.3 Å². The first-order valence-corrected chi connectivity index (χ1v) is 10.8. The van der Waals surface area contributed by atoms with E-state index in [4.69, 9.17) is 18.8 Å². The molecular weight excluding hydrogens is 411 g/mol. The standard InChI is InChI=1S/C20H29BN4O5.C2H6/c1-8-24(23-22-6)12-15-13-25(18(26)28-15)16-10-9-14(11-17(16)27-7)21-29-19(2,3)20(4,5)30-21;1-2/h8-11,15H,1,12-13H2,2-7H3;1-2H3/t15-;/m0./s1. The van der Waals surface area contributed by atoms with Gasteiger partial charge in [0.2, 0.25) is 0 Å². The Morgan fingerprint density at radius 2 is 1.91 bits per heavy atom. The van der Waals surface area contributed by atoms with Crippen LogP contribution < -0.4 is 15.1 Å². The highest BCUT2D eigenvalue weighted by Crippen LogP contribution is 2.37. The van der Waals surface area contributed by atoms with Crippen molar-refractivity contribution in [2.24, 2.45) is 10.3 Å². The normalized spacial score (nSPS) is 21.2. The number of anilines is 1. The van der Waals surface area contributed by atoms with Crippen molar-refractivity contribution in [1.82, 2.24) is 5.01 Å². The topological polar surface area (TPSA) is 85.2 Å². The molecule has 0 N–H and O–H groups in total. The fourth-order valence-corrected chi connectivity index (χ4v) is 3.33. The molecule has 2 aliphatic heterocycles. The van der Waals surface area contributed by atoms with Crippen LogP contribution in [0.3, 0.4) is 0 Å². The van der Waals surface area contributed by atoms with Crippen LogP contribution in [0, 0.1) is 0 Å². The van der Waals surface area contributed by atoms with Crippen LogP contribution in [0.4, 0.5) is 10.5 Å². The first kappa shape index (κ1) is 25.7. The summed E-state index contributed by atoms with van der Waals surface area (Å²) in [7, 11) is 2.61. The predicted octanol–water partition coefficient (Wildman–Crippen LogP) is 3.79. The SMILES string of the molecule is C=CN(C[C@H]1CN(c2ccc(B3OC(C)(C)C(C)(C)O3)cc2OC)C(=O)O1)N=NC.CC. The molecule has 1 aromatic rings. The van der Waals surface area contributed by atoms with Crippen molar-refractivity contribution in [2.45, 2.75) is 58.8 Å². The molecule has 1 amide bonds. The molecular formula is C22H35BN4O5. The minimum absolute atomic E-state index is 0.356. The van der Waals surface area contributed by atoms with Crippen molar-refractivity contribution in [3.63, 3.8) is 0 Å². The molecule has 2 fully saturated rings. The maximum Gasteiger partial charge on any atom is 0.494 e. The molecule has 0 aromatic heterocycles. The molecule has 2 aliphatic rings. The first-order valence-electron chi connectivity index (χ1n) is 10.8. The maximum absolute atomic E-state index is 12.5. The molecule has 176 valence electrons. The quantitative estimate of drug-likeness (QED) is 0.360. The number of ether oxygens (including phenoxy) is 2. The summed E-state index contributed by atoms with van der Waals surface area (Å²) < 4.78 is 23.3. The zero-order valence-corrected chi connectivity index (χ0v) is 20.4. The lowest BCUT2D eigenvalue weighted by Gasteiger charge is -2.32. The monoisotopic (exact) mass is 446 g/mol. The molecule has 9 nitrogen and oxygen atoms in total. The van der Waals surface area contributed by atoms with Crippen LogP contribution >= 0.6 is 0 Å². The van der Waals surface area contributed by atoms with Gasteiger partial charge in [0, 0.05) is 6.20 Å². The summed E-state index contributed by atoms with van der Waals surface area (Å²) in [6.45, 7) is 16.4. The van der Waals surface area contributed by atoms with Crippen molar-refractivity contribution >= 4 is 24.4 Å². The minimum Gasteiger partial charge on any atom is -0.495 e. The Labute approximate surface area is 191 Å². The van der Waals surface area contributed by atoms with Crippen LogP contribution in [0.2, 0.25) is 0 Å². The first-order chi connectivity index (χ1) is 15.1. The van der Waals surface area contributed by atoms with Gasteiger partial charge in [-0.05, 0) is 45.3 Å². The van der Waals surface area contributed by atoms with E-state index < -0.39 is 24.4 Å². The number of nitrogens with zero attached hydrogens (tertiary/aromatic N) is 4. The molecule has 2 heterocycles. The van der Waals surface area contributed by atoms with Crippen molar-refractivity contribution < 1.29 is 23.6 Å². The third-order valence-corrected chi connectivity index (χ3v) is 5.70. The van der Waals surface area contributed by atoms with Gasteiger partial charge in [-0.15, -0.1) is 0 Å². The number of carbonyl (C=O) groups is 1. The summed E-state index contributed by atoms with van der Waals surface area (Å²) in [6.07, 6.45) is 0.705. The summed E-state index contributed by atoms with van der Waals surface area (Å²) >= 11 is 0. The van der Waals surface area contributed by atoms with E-state index in [1.807, 2.05) is 59.7 Å². The second-order valence-corrected chi connectivity index (χ2v) is 8.23. The van der Waals surface area contributed by atoms with E-state index in [0.717, 1.165) is 5.46 Å². The molecule has 3 rings (SSSR count). The van der Waals surface area contributed by atoms with Gasteiger partial charge in [-0.25, -0.2) is 4.79 Å². The van der Waals surface area contributed by atoms with Crippen LogP contribution in [0.5, 0.6) is 5.75 Å². The summed E-state index contributed by atoms with van der Waals surface area (Å²) in [5, 5.41) is 9.17. The fourth-order valence-electron chi connectivity index (χ4n) is 3.33. The summed E-state index contributed by atoms with van der Waals surface area (Å²) in [5.74, 6) is 0.536. The van der Waals surface area contributed by atoms with Gasteiger partial charge >= 0.3 is 13.2 Å². The highest BCUT2D eigenvalue weighted by Gasteiger charge is 2.52. The number of benzene rings is 1. The van der Waals surface area contributed by atoms with Crippen LogP contribution in [0.1, 0.15) is 41.5 Å². The van der Waals surface area contributed by atoms with Gasteiger partial charge in [0.15, 0.2) is 0 Å². The minimum atomic E-state index is -0.517. The van der Waals surface area contributed by atoms with E-state index in [9.17, 15) is 4.79 Å². The molecule has 0 bridgehead atoms. The Morgan fingerprint density at radius 1 is 1.28 bits per heavy atom.